The summed E-state index contributed by atoms with van der Waals surface area (Å²) in [5.41, 5.74) is 5.38. The molecule has 2 rings (SSSR count). The maximum absolute atomic E-state index is 13.3. The smallest absolute Gasteiger partial charge is 0.154 e. The lowest BCUT2D eigenvalue weighted by Gasteiger charge is -2.11. The van der Waals surface area contributed by atoms with E-state index in [-0.39, 0.29) is 18.9 Å². The normalized spacial score (nSPS) is 30.3. The van der Waals surface area contributed by atoms with Gasteiger partial charge in [-0.2, -0.15) is 0 Å². The SMILES string of the molecule is CCS(=O)(=O)[C@@H]1[C@H](c2cccc(F)c2)[C@]1(CN)CO. The van der Waals surface area contributed by atoms with Crippen LogP contribution in [0.2, 0.25) is 0 Å². The number of sulfone groups is 1. The summed E-state index contributed by atoms with van der Waals surface area (Å²) in [6.45, 7) is 1.32. The summed E-state index contributed by atoms with van der Waals surface area (Å²) in [4.78, 5) is 0. The van der Waals surface area contributed by atoms with E-state index >= 15 is 0 Å². The highest BCUT2D eigenvalue weighted by Crippen LogP contribution is 2.62. The average molecular weight is 287 g/mol. The topological polar surface area (TPSA) is 80.4 Å². The molecule has 3 N–H and O–H groups in total. The van der Waals surface area contributed by atoms with Gasteiger partial charge >= 0.3 is 0 Å². The first-order chi connectivity index (χ1) is 8.93. The molecule has 0 aliphatic heterocycles. The van der Waals surface area contributed by atoms with E-state index in [0.717, 1.165) is 0 Å². The molecule has 4 nitrogen and oxygen atoms in total. The Morgan fingerprint density at radius 3 is 2.63 bits per heavy atom. The Balaban J connectivity index is 2.45. The van der Waals surface area contributed by atoms with E-state index in [9.17, 15) is 17.9 Å². The molecule has 1 saturated carbocycles. The number of halogens is 1. The van der Waals surface area contributed by atoms with E-state index < -0.39 is 32.2 Å². The molecule has 1 fully saturated rings. The fourth-order valence-corrected chi connectivity index (χ4v) is 5.06. The molecular formula is C13H18FNO3S. The zero-order valence-electron chi connectivity index (χ0n) is 10.7. The molecule has 0 aromatic heterocycles. The van der Waals surface area contributed by atoms with Gasteiger partial charge in [0.1, 0.15) is 5.82 Å². The molecule has 1 aliphatic rings. The van der Waals surface area contributed by atoms with Crippen LogP contribution in [0, 0.1) is 11.2 Å². The Labute approximate surface area is 112 Å². The van der Waals surface area contributed by atoms with Crippen LogP contribution in [-0.4, -0.2) is 37.7 Å². The molecule has 1 aromatic rings. The third-order valence-electron chi connectivity index (χ3n) is 4.05. The van der Waals surface area contributed by atoms with Crippen LogP contribution in [0.3, 0.4) is 0 Å². The monoisotopic (exact) mass is 287 g/mol. The van der Waals surface area contributed by atoms with Crippen LogP contribution in [0.25, 0.3) is 0 Å². The molecule has 0 amide bonds. The van der Waals surface area contributed by atoms with Gasteiger partial charge in [-0.25, -0.2) is 12.8 Å². The van der Waals surface area contributed by atoms with Crippen LogP contribution < -0.4 is 5.73 Å². The summed E-state index contributed by atoms with van der Waals surface area (Å²) in [5.74, 6) is -0.852. The van der Waals surface area contributed by atoms with E-state index in [0.29, 0.717) is 5.56 Å². The number of hydrogen-bond donors (Lipinski definition) is 2. The molecule has 0 radical (unpaired) electrons. The van der Waals surface area contributed by atoms with Crippen molar-refractivity contribution >= 4 is 9.84 Å². The first-order valence-electron chi connectivity index (χ1n) is 6.21. The standard InChI is InChI=1S/C13H18FNO3S/c1-2-19(17,18)12-11(13(12,7-15)8-16)9-4-3-5-10(14)6-9/h3-6,11-12,16H,2,7-8,15H2,1H3/t11-,12+,13-/m0/s1. The van der Waals surface area contributed by atoms with Crippen molar-refractivity contribution in [1.29, 1.82) is 0 Å². The van der Waals surface area contributed by atoms with Gasteiger partial charge in [-0.15, -0.1) is 0 Å². The van der Waals surface area contributed by atoms with Crippen molar-refractivity contribution < 1.29 is 17.9 Å². The molecule has 0 unspecified atom stereocenters. The van der Waals surface area contributed by atoms with Crippen molar-refractivity contribution in [3.05, 3.63) is 35.6 Å². The van der Waals surface area contributed by atoms with Crippen LogP contribution in [0.15, 0.2) is 24.3 Å². The molecule has 19 heavy (non-hydrogen) atoms. The summed E-state index contributed by atoms with van der Waals surface area (Å²) in [7, 11) is -3.33. The van der Waals surface area contributed by atoms with Gasteiger partial charge in [0.25, 0.3) is 0 Å². The van der Waals surface area contributed by atoms with Crippen molar-refractivity contribution in [3.8, 4) is 0 Å². The summed E-state index contributed by atoms with van der Waals surface area (Å²) in [6, 6.07) is 5.84. The van der Waals surface area contributed by atoms with Gasteiger partial charge < -0.3 is 10.8 Å². The van der Waals surface area contributed by atoms with Gasteiger partial charge in [-0.3, -0.25) is 0 Å². The van der Waals surface area contributed by atoms with Gasteiger partial charge in [-0.1, -0.05) is 19.1 Å². The minimum Gasteiger partial charge on any atom is -0.396 e. The van der Waals surface area contributed by atoms with E-state index in [2.05, 4.69) is 0 Å². The zero-order valence-corrected chi connectivity index (χ0v) is 11.5. The van der Waals surface area contributed by atoms with Gasteiger partial charge in [0.15, 0.2) is 9.84 Å². The predicted molar refractivity (Wildman–Crippen MR) is 71.0 cm³/mol. The second-order valence-electron chi connectivity index (χ2n) is 5.00. The van der Waals surface area contributed by atoms with Crippen LogP contribution in [0.1, 0.15) is 18.4 Å². The molecule has 1 aromatic carbocycles. The van der Waals surface area contributed by atoms with Gasteiger partial charge in [0.05, 0.1) is 11.9 Å². The van der Waals surface area contributed by atoms with Crippen molar-refractivity contribution in [2.45, 2.75) is 18.1 Å². The summed E-state index contributed by atoms with van der Waals surface area (Å²) < 4.78 is 37.5. The van der Waals surface area contributed by atoms with Crippen LogP contribution in [0.4, 0.5) is 4.39 Å². The van der Waals surface area contributed by atoms with Gasteiger partial charge in [0, 0.05) is 23.6 Å². The minimum absolute atomic E-state index is 0.00870. The molecule has 0 heterocycles. The number of hydrogen-bond acceptors (Lipinski definition) is 4. The van der Waals surface area contributed by atoms with Crippen molar-refractivity contribution in [2.75, 3.05) is 18.9 Å². The Hall–Kier alpha value is -0.980. The fourth-order valence-electron chi connectivity index (χ4n) is 2.90. The number of aliphatic hydroxyl groups is 1. The zero-order chi connectivity index (χ0) is 14.3. The molecule has 106 valence electrons. The predicted octanol–water partition coefficient (Wildman–Crippen LogP) is 0.664. The molecule has 6 heteroatoms. The number of nitrogens with two attached hydrogens (primary N) is 1. The lowest BCUT2D eigenvalue weighted by Crippen LogP contribution is -2.28. The Morgan fingerprint density at radius 2 is 2.16 bits per heavy atom. The summed E-state index contributed by atoms with van der Waals surface area (Å²) in [5, 5.41) is 8.83. The van der Waals surface area contributed by atoms with E-state index in [4.69, 9.17) is 5.73 Å². The maximum atomic E-state index is 13.3. The lowest BCUT2D eigenvalue weighted by atomic mass is 10.00. The third kappa shape index (κ3) is 2.17. The number of rotatable bonds is 5. The number of aliphatic hydroxyl groups excluding tert-OH is 1. The second kappa shape index (κ2) is 4.85. The molecule has 0 spiro atoms. The van der Waals surface area contributed by atoms with Crippen molar-refractivity contribution in [1.82, 2.24) is 0 Å². The quantitative estimate of drug-likeness (QED) is 0.834. The van der Waals surface area contributed by atoms with Gasteiger partial charge in [0.2, 0.25) is 0 Å². The highest BCUT2D eigenvalue weighted by molar-refractivity contribution is 7.92. The molecule has 0 saturated heterocycles. The molecule has 3 atom stereocenters. The van der Waals surface area contributed by atoms with Gasteiger partial charge in [-0.05, 0) is 17.7 Å². The highest BCUT2D eigenvalue weighted by Gasteiger charge is 2.69. The van der Waals surface area contributed by atoms with Crippen LogP contribution in [0.5, 0.6) is 0 Å². The molecule has 0 bridgehead atoms. The largest absolute Gasteiger partial charge is 0.396 e. The van der Waals surface area contributed by atoms with Crippen molar-refractivity contribution in [3.63, 3.8) is 0 Å². The maximum Gasteiger partial charge on any atom is 0.154 e. The summed E-state index contributed by atoms with van der Waals surface area (Å²) in [6.07, 6.45) is 0. The first-order valence-corrected chi connectivity index (χ1v) is 7.92. The average Bonchev–Trinajstić information content (AvgIpc) is 3.09. The lowest BCUT2D eigenvalue weighted by molar-refractivity contribution is 0.212. The Bertz CT molecular complexity index is 569. The number of benzene rings is 1. The summed E-state index contributed by atoms with van der Waals surface area (Å²) >= 11 is 0. The Kier molecular flexibility index (Phi) is 3.68. The fraction of sp³-hybridized carbons (Fsp3) is 0.538. The highest BCUT2D eigenvalue weighted by atomic mass is 32.2. The van der Waals surface area contributed by atoms with E-state index in [1.165, 1.54) is 18.2 Å². The molecular weight excluding hydrogens is 269 g/mol. The molecule has 1 aliphatic carbocycles. The third-order valence-corrected chi connectivity index (χ3v) is 6.37. The van der Waals surface area contributed by atoms with Crippen LogP contribution >= 0.6 is 0 Å². The minimum atomic E-state index is -3.33. The Morgan fingerprint density at radius 1 is 1.47 bits per heavy atom. The van der Waals surface area contributed by atoms with Crippen LogP contribution in [-0.2, 0) is 9.84 Å². The second-order valence-corrected chi connectivity index (χ2v) is 7.41. The van der Waals surface area contributed by atoms with Crippen molar-refractivity contribution in [2.24, 2.45) is 11.1 Å². The van der Waals surface area contributed by atoms with E-state index in [1.54, 1.807) is 13.0 Å². The first kappa shape index (κ1) is 14.4. The van der Waals surface area contributed by atoms with E-state index in [1.807, 2.05) is 0 Å².